The van der Waals surface area contributed by atoms with E-state index >= 15 is 0 Å². The molecule has 0 saturated carbocycles. The topological polar surface area (TPSA) is 53.1 Å². The Labute approximate surface area is 114 Å². The average Bonchev–Trinajstić information content (AvgIpc) is 2.77. The smallest absolute Gasteiger partial charge is 0.119 e. The fourth-order valence-corrected chi connectivity index (χ4v) is 1.98. The normalized spacial score (nSPS) is 12.4. The van der Waals surface area contributed by atoms with Gasteiger partial charge in [-0.15, -0.1) is 0 Å². The third-order valence-corrected chi connectivity index (χ3v) is 2.90. The van der Waals surface area contributed by atoms with Gasteiger partial charge in [0.1, 0.15) is 5.75 Å². The van der Waals surface area contributed by atoms with Crippen LogP contribution in [0, 0.1) is 0 Å². The van der Waals surface area contributed by atoms with Crippen LogP contribution in [-0.2, 0) is 19.9 Å². The van der Waals surface area contributed by atoms with E-state index in [0.29, 0.717) is 6.61 Å². The molecule has 0 fully saturated rings. The highest BCUT2D eigenvalue weighted by molar-refractivity contribution is 5.27. The number of hydrogen-bond acceptors (Lipinski definition) is 3. The van der Waals surface area contributed by atoms with E-state index in [4.69, 9.17) is 10.5 Å². The Kier molecular flexibility index (Phi) is 4.58. The molecule has 0 aliphatic heterocycles. The summed E-state index contributed by atoms with van der Waals surface area (Å²) in [5, 5.41) is 4.13. The molecule has 1 unspecified atom stereocenters. The van der Waals surface area contributed by atoms with E-state index in [1.165, 1.54) is 11.1 Å². The Morgan fingerprint density at radius 2 is 2.00 bits per heavy atom. The van der Waals surface area contributed by atoms with Gasteiger partial charge in [0.25, 0.3) is 0 Å². The molecule has 1 heterocycles. The molecule has 0 amide bonds. The second kappa shape index (κ2) is 6.38. The van der Waals surface area contributed by atoms with Crippen LogP contribution < -0.4 is 10.5 Å². The first-order valence-corrected chi connectivity index (χ1v) is 6.58. The highest BCUT2D eigenvalue weighted by Gasteiger charge is 2.00. The minimum atomic E-state index is 0.192. The van der Waals surface area contributed by atoms with Crippen LogP contribution in [0.5, 0.6) is 5.75 Å². The van der Waals surface area contributed by atoms with Crippen molar-refractivity contribution in [1.82, 2.24) is 9.78 Å². The van der Waals surface area contributed by atoms with E-state index in [2.05, 4.69) is 17.2 Å². The molecule has 4 nitrogen and oxygen atoms in total. The Balaban J connectivity index is 1.79. The van der Waals surface area contributed by atoms with E-state index in [0.717, 1.165) is 18.6 Å². The minimum Gasteiger partial charge on any atom is -0.493 e. The summed E-state index contributed by atoms with van der Waals surface area (Å²) >= 11 is 0. The standard InChI is InChI=1S/C15H21N3O/c1-12(16)9-13-3-5-15(6-4-13)19-8-7-14-10-17-18(2)11-14/h3-6,10-12H,7-9,16H2,1-2H3. The molecular formula is C15H21N3O. The first-order chi connectivity index (χ1) is 9.13. The van der Waals surface area contributed by atoms with Crippen molar-refractivity contribution in [3.05, 3.63) is 47.8 Å². The zero-order valence-electron chi connectivity index (χ0n) is 11.5. The van der Waals surface area contributed by atoms with Gasteiger partial charge >= 0.3 is 0 Å². The fourth-order valence-electron chi connectivity index (χ4n) is 1.98. The molecule has 0 bridgehead atoms. The molecule has 2 rings (SSSR count). The first kappa shape index (κ1) is 13.6. The van der Waals surface area contributed by atoms with Crippen molar-refractivity contribution in [2.75, 3.05) is 6.61 Å². The summed E-state index contributed by atoms with van der Waals surface area (Å²) in [4.78, 5) is 0. The van der Waals surface area contributed by atoms with Crippen molar-refractivity contribution >= 4 is 0 Å². The third-order valence-electron chi connectivity index (χ3n) is 2.90. The van der Waals surface area contributed by atoms with Crippen LogP contribution >= 0.6 is 0 Å². The van der Waals surface area contributed by atoms with Crippen LogP contribution in [0.25, 0.3) is 0 Å². The second-order valence-corrected chi connectivity index (χ2v) is 4.95. The van der Waals surface area contributed by atoms with Crippen molar-refractivity contribution < 1.29 is 4.74 Å². The van der Waals surface area contributed by atoms with Crippen molar-refractivity contribution in [2.24, 2.45) is 12.8 Å². The van der Waals surface area contributed by atoms with Crippen LogP contribution in [0.15, 0.2) is 36.7 Å². The van der Waals surface area contributed by atoms with Gasteiger partial charge in [0, 0.05) is 25.7 Å². The molecular weight excluding hydrogens is 238 g/mol. The molecule has 0 radical (unpaired) electrons. The van der Waals surface area contributed by atoms with Crippen LogP contribution in [0.3, 0.4) is 0 Å². The summed E-state index contributed by atoms with van der Waals surface area (Å²) in [6, 6.07) is 8.34. The average molecular weight is 259 g/mol. The van der Waals surface area contributed by atoms with Crippen LogP contribution in [0.4, 0.5) is 0 Å². The predicted octanol–water partition coefficient (Wildman–Crippen LogP) is 1.93. The van der Waals surface area contributed by atoms with Crippen molar-refractivity contribution in [2.45, 2.75) is 25.8 Å². The summed E-state index contributed by atoms with van der Waals surface area (Å²) in [7, 11) is 1.92. The number of aromatic nitrogens is 2. The summed E-state index contributed by atoms with van der Waals surface area (Å²) in [5.74, 6) is 0.900. The molecule has 1 aromatic carbocycles. The predicted molar refractivity (Wildman–Crippen MR) is 76.2 cm³/mol. The van der Waals surface area contributed by atoms with E-state index in [1.54, 1.807) is 4.68 Å². The maximum Gasteiger partial charge on any atom is 0.119 e. The number of benzene rings is 1. The van der Waals surface area contributed by atoms with E-state index in [-0.39, 0.29) is 6.04 Å². The quantitative estimate of drug-likeness (QED) is 0.862. The Bertz CT molecular complexity index is 502. The SMILES string of the molecule is CC(N)Cc1ccc(OCCc2cnn(C)c2)cc1. The number of ether oxygens (including phenoxy) is 1. The summed E-state index contributed by atoms with van der Waals surface area (Å²) in [6.45, 7) is 2.68. The maximum absolute atomic E-state index is 5.77. The lowest BCUT2D eigenvalue weighted by Gasteiger charge is -2.08. The number of aryl methyl sites for hydroxylation is 1. The molecule has 1 aromatic heterocycles. The van der Waals surface area contributed by atoms with E-state index < -0.39 is 0 Å². The van der Waals surface area contributed by atoms with Gasteiger partial charge in [-0.25, -0.2) is 0 Å². The molecule has 0 aliphatic carbocycles. The number of hydrogen-bond donors (Lipinski definition) is 1. The van der Waals surface area contributed by atoms with Gasteiger partial charge in [0.15, 0.2) is 0 Å². The first-order valence-electron chi connectivity index (χ1n) is 6.58. The van der Waals surface area contributed by atoms with Crippen LogP contribution in [0.1, 0.15) is 18.1 Å². The highest BCUT2D eigenvalue weighted by atomic mass is 16.5. The van der Waals surface area contributed by atoms with Crippen LogP contribution in [-0.4, -0.2) is 22.4 Å². The lowest BCUT2D eigenvalue weighted by molar-refractivity contribution is 0.322. The highest BCUT2D eigenvalue weighted by Crippen LogP contribution is 2.13. The summed E-state index contributed by atoms with van der Waals surface area (Å²) in [5.41, 5.74) is 8.21. The molecule has 4 heteroatoms. The number of rotatable bonds is 6. The molecule has 1 atom stereocenters. The van der Waals surface area contributed by atoms with Gasteiger partial charge in [-0.1, -0.05) is 12.1 Å². The van der Waals surface area contributed by atoms with E-state index in [1.807, 2.05) is 38.5 Å². The Morgan fingerprint density at radius 3 is 2.58 bits per heavy atom. The summed E-state index contributed by atoms with van der Waals surface area (Å²) < 4.78 is 7.51. The summed E-state index contributed by atoms with van der Waals surface area (Å²) in [6.07, 6.45) is 5.65. The van der Waals surface area contributed by atoms with Crippen molar-refractivity contribution in [3.8, 4) is 5.75 Å². The Morgan fingerprint density at radius 1 is 1.26 bits per heavy atom. The minimum absolute atomic E-state index is 0.192. The molecule has 0 aliphatic rings. The molecule has 102 valence electrons. The molecule has 19 heavy (non-hydrogen) atoms. The zero-order valence-corrected chi connectivity index (χ0v) is 11.5. The lowest BCUT2D eigenvalue weighted by atomic mass is 10.1. The largest absolute Gasteiger partial charge is 0.493 e. The third kappa shape index (κ3) is 4.41. The maximum atomic E-state index is 5.77. The van der Waals surface area contributed by atoms with Gasteiger partial charge in [-0.2, -0.15) is 5.10 Å². The van der Waals surface area contributed by atoms with E-state index in [9.17, 15) is 0 Å². The van der Waals surface area contributed by atoms with Gasteiger partial charge in [-0.3, -0.25) is 4.68 Å². The molecule has 2 aromatic rings. The molecule has 0 spiro atoms. The van der Waals surface area contributed by atoms with Crippen molar-refractivity contribution in [1.29, 1.82) is 0 Å². The number of nitrogens with zero attached hydrogens (tertiary/aromatic N) is 2. The monoisotopic (exact) mass is 259 g/mol. The Hall–Kier alpha value is -1.81. The lowest BCUT2D eigenvalue weighted by Crippen LogP contribution is -2.17. The molecule has 2 N–H and O–H groups in total. The van der Waals surface area contributed by atoms with Gasteiger partial charge in [0.2, 0.25) is 0 Å². The fraction of sp³-hybridized carbons (Fsp3) is 0.400. The van der Waals surface area contributed by atoms with Gasteiger partial charge in [0.05, 0.1) is 12.8 Å². The number of nitrogens with two attached hydrogens (primary N) is 1. The van der Waals surface area contributed by atoms with Gasteiger partial charge in [-0.05, 0) is 36.6 Å². The molecule has 0 saturated heterocycles. The van der Waals surface area contributed by atoms with Crippen molar-refractivity contribution in [3.63, 3.8) is 0 Å². The van der Waals surface area contributed by atoms with Crippen LogP contribution in [0.2, 0.25) is 0 Å². The second-order valence-electron chi connectivity index (χ2n) is 4.95. The zero-order chi connectivity index (χ0) is 13.7. The van der Waals surface area contributed by atoms with Gasteiger partial charge < -0.3 is 10.5 Å².